The molecule has 1 aliphatic carbocycles. The molecule has 0 fully saturated rings. The minimum atomic E-state index is -0.0664. The van der Waals surface area contributed by atoms with Gasteiger partial charge in [0.2, 0.25) is 0 Å². The summed E-state index contributed by atoms with van der Waals surface area (Å²) in [5.41, 5.74) is 4.16. The highest BCUT2D eigenvalue weighted by Crippen LogP contribution is 2.40. The van der Waals surface area contributed by atoms with Gasteiger partial charge in [0.1, 0.15) is 11.2 Å². The molecule has 3 aromatic rings. The van der Waals surface area contributed by atoms with Crippen molar-refractivity contribution in [1.82, 2.24) is 4.98 Å². The average Bonchev–Trinajstić information content (AvgIpc) is 2.76. The Hall–Kier alpha value is -4.12. The summed E-state index contributed by atoms with van der Waals surface area (Å²) in [5.74, 6) is 2.29. The van der Waals surface area contributed by atoms with Gasteiger partial charge in [-0.3, -0.25) is 4.79 Å². The number of fused-ring (bicyclic) bond motifs is 4. The molecule has 29 heavy (non-hydrogen) atoms. The van der Waals surface area contributed by atoms with Gasteiger partial charge < -0.3 is 14.5 Å². The molecule has 0 unspecified atom stereocenters. The van der Waals surface area contributed by atoms with Crippen LogP contribution in [0.3, 0.4) is 0 Å². The predicted octanol–water partition coefficient (Wildman–Crippen LogP) is 5.83. The lowest BCUT2D eigenvalue weighted by molar-refractivity contribution is 0.481. The molecule has 0 radical (unpaired) electrons. The van der Waals surface area contributed by atoms with Crippen molar-refractivity contribution in [3.8, 4) is 23.0 Å². The summed E-state index contributed by atoms with van der Waals surface area (Å²) >= 11 is 0. The Morgan fingerprint density at radius 2 is 1.38 bits per heavy atom. The molecule has 2 aliphatic heterocycles. The molecule has 5 nitrogen and oxygen atoms in total. The van der Waals surface area contributed by atoms with Crippen LogP contribution in [-0.4, -0.2) is 4.98 Å². The molecule has 5 heteroatoms. The minimum absolute atomic E-state index is 0.0664. The molecule has 3 aromatic carbocycles. The zero-order valence-electron chi connectivity index (χ0n) is 15.3. The lowest BCUT2D eigenvalue weighted by Crippen LogP contribution is -2.01. The van der Waals surface area contributed by atoms with E-state index in [-0.39, 0.29) is 5.43 Å². The highest BCUT2D eigenvalue weighted by Gasteiger charge is 2.14. The molecule has 0 bridgehead atoms. The maximum Gasteiger partial charge on any atom is 0.182 e. The largest absolute Gasteiger partial charge is 0.453 e. The number of hydrogen-bond donors (Lipinski definition) is 1. The van der Waals surface area contributed by atoms with Crippen LogP contribution in [0.1, 0.15) is 0 Å². The van der Waals surface area contributed by atoms with E-state index in [9.17, 15) is 4.79 Å². The Kier molecular flexibility index (Phi) is 4.18. The van der Waals surface area contributed by atoms with E-state index >= 15 is 0 Å². The molecule has 2 heterocycles. The van der Waals surface area contributed by atoms with Crippen LogP contribution in [0.4, 0.5) is 11.4 Å². The highest BCUT2D eigenvalue weighted by atomic mass is 16.5. The number of para-hydroxylation sites is 6. The topological polar surface area (TPSA) is 64.4 Å². The second-order valence-corrected chi connectivity index (χ2v) is 6.53. The predicted molar refractivity (Wildman–Crippen MR) is 113 cm³/mol. The zero-order chi connectivity index (χ0) is 19.6. The van der Waals surface area contributed by atoms with Crippen molar-refractivity contribution < 1.29 is 9.15 Å². The van der Waals surface area contributed by atoms with Crippen LogP contribution in [0.2, 0.25) is 0 Å². The van der Waals surface area contributed by atoms with E-state index in [0.29, 0.717) is 17.0 Å². The van der Waals surface area contributed by atoms with Gasteiger partial charge in [-0.05, 0) is 48.5 Å². The van der Waals surface area contributed by atoms with Gasteiger partial charge in [0.05, 0.1) is 11.4 Å². The Balaban J connectivity index is 0.000000125. The van der Waals surface area contributed by atoms with Gasteiger partial charge in [0.25, 0.3) is 0 Å². The van der Waals surface area contributed by atoms with Gasteiger partial charge in [0.15, 0.2) is 28.3 Å². The summed E-state index contributed by atoms with van der Waals surface area (Å²) < 4.78 is 11.3. The minimum Gasteiger partial charge on any atom is -0.453 e. The molecule has 3 aliphatic rings. The molecule has 1 N–H and O–H groups in total. The van der Waals surface area contributed by atoms with Crippen LogP contribution < -0.4 is 15.5 Å². The molecule has 0 spiro atoms. The number of ether oxygens (including phenoxy) is 1. The number of nitrogens with one attached hydrogen (secondary N) is 1. The van der Waals surface area contributed by atoms with Gasteiger partial charge >= 0.3 is 0 Å². The number of benzene rings is 4. The van der Waals surface area contributed by atoms with Crippen molar-refractivity contribution in [2.75, 3.05) is 5.32 Å². The van der Waals surface area contributed by atoms with Gasteiger partial charge in [-0.2, -0.15) is 0 Å². The van der Waals surface area contributed by atoms with Crippen molar-refractivity contribution >= 4 is 22.5 Å². The van der Waals surface area contributed by atoms with Crippen molar-refractivity contribution in [3.63, 3.8) is 0 Å². The first kappa shape index (κ1) is 17.0. The van der Waals surface area contributed by atoms with Crippen LogP contribution in [0.15, 0.2) is 100 Å². The Bertz CT molecular complexity index is 1260. The van der Waals surface area contributed by atoms with E-state index in [1.165, 1.54) is 12.1 Å². The van der Waals surface area contributed by atoms with Gasteiger partial charge in [-0.15, -0.1) is 0 Å². The Morgan fingerprint density at radius 1 is 0.724 bits per heavy atom. The maximum absolute atomic E-state index is 11.1. The SMILES string of the molecule is O=c1ccc2nc3ccccc3oc-2c1.c1ccc2c(c1)Nc1ccccc1O2. The summed E-state index contributed by atoms with van der Waals surface area (Å²) in [6.45, 7) is 0. The van der Waals surface area contributed by atoms with Crippen molar-refractivity contribution in [1.29, 1.82) is 0 Å². The molecule has 0 aromatic heterocycles. The Morgan fingerprint density at radius 3 is 2.14 bits per heavy atom. The summed E-state index contributed by atoms with van der Waals surface area (Å²) in [6.07, 6.45) is 0. The third-order valence-corrected chi connectivity index (χ3v) is 4.52. The molecule has 140 valence electrons. The lowest BCUT2D eigenvalue weighted by Gasteiger charge is -2.20. The smallest absolute Gasteiger partial charge is 0.182 e. The lowest BCUT2D eigenvalue weighted by atomic mass is 10.2. The Labute approximate surface area is 166 Å². The number of rotatable bonds is 0. The van der Waals surface area contributed by atoms with E-state index < -0.39 is 0 Å². The summed E-state index contributed by atoms with van der Waals surface area (Å²) in [6, 6.07) is 27.9. The molecule has 0 saturated heterocycles. The standard InChI is InChI=1S/C12H7NO2.C12H9NO/c14-8-5-6-10-12(7-8)15-11-4-2-1-3-9(11)13-10;1-3-7-11-9(5-1)13-10-6-2-4-8-12(10)14-11/h1-7H;1-8,13H. The van der Waals surface area contributed by atoms with Crippen molar-refractivity contribution in [2.45, 2.75) is 0 Å². The fraction of sp³-hybridized carbons (Fsp3) is 0. The summed E-state index contributed by atoms with van der Waals surface area (Å²) in [5, 5.41) is 3.32. The quantitative estimate of drug-likeness (QED) is 0.336. The second kappa shape index (κ2) is 7.13. The van der Waals surface area contributed by atoms with Gasteiger partial charge in [-0.25, -0.2) is 4.98 Å². The van der Waals surface area contributed by atoms with Gasteiger partial charge in [0, 0.05) is 6.07 Å². The van der Waals surface area contributed by atoms with E-state index in [2.05, 4.69) is 10.3 Å². The van der Waals surface area contributed by atoms with E-state index in [0.717, 1.165) is 28.4 Å². The monoisotopic (exact) mass is 380 g/mol. The number of anilines is 2. The summed E-state index contributed by atoms with van der Waals surface area (Å²) in [7, 11) is 0. The zero-order valence-corrected chi connectivity index (χ0v) is 15.3. The molecular weight excluding hydrogens is 364 g/mol. The van der Waals surface area contributed by atoms with E-state index in [1.54, 1.807) is 6.07 Å². The van der Waals surface area contributed by atoms with Crippen LogP contribution in [0.25, 0.3) is 22.6 Å². The fourth-order valence-electron chi connectivity index (χ4n) is 3.13. The third-order valence-electron chi connectivity index (χ3n) is 4.52. The van der Waals surface area contributed by atoms with Crippen LogP contribution in [-0.2, 0) is 0 Å². The number of hydrogen-bond acceptors (Lipinski definition) is 5. The second-order valence-electron chi connectivity index (χ2n) is 6.53. The first-order valence-electron chi connectivity index (χ1n) is 9.19. The third kappa shape index (κ3) is 3.41. The van der Waals surface area contributed by atoms with Crippen molar-refractivity contribution in [3.05, 3.63) is 101 Å². The van der Waals surface area contributed by atoms with Crippen LogP contribution in [0.5, 0.6) is 11.5 Å². The van der Waals surface area contributed by atoms with E-state index in [1.807, 2.05) is 72.8 Å². The molecule has 0 saturated carbocycles. The molecule has 0 atom stereocenters. The molecule has 6 rings (SSSR count). The highest BCUT2D eigenvalue weighted by molar-refractivity contribution is 5.76. The number of aromatic nitrogens is 1. The maximum atomic E-state index is 11.1. The van der Waals surface area contributed by atoms with Crippen molar-refractivity contribution in [2.24, 2.45) is 0 Å². The van der Waals surface area contributed by atoms with Crippen LogP contribution in [0, 0.1) is 0 Å². The fourth-order valence-corrected chi connectivity index (χ4v) is 3.13. The van der Waals surface area contributed by atoms with E-state index in [4.69, 9.17) is 9.15 Å². The summed E-state index contributed by atoms with van der Waals surface area (Å²) in [4.78, 5) is 15.5. The molecule has 0 amide bonds. The van der Waals surface area contributed by atoms with Gasteiger partial charge in [-0.1, -0.05) is 36.4 Å². The molecular formula is C24H16N2O3. The van der Waals surface area contributed by atoms with Crippen LogP contribution >= 0.6 is 0 Å². The average molecular weight is 380 g/mol. The number of nitrogens with zero attached hydrogens (tertiary/aromatic N) is 1. The first-order valence-corrected chi connectivity index (χ1v) is 9.19. The normalized spacial score (nSPS) is 11.4. The first-order chi connectivity index (χ1) is 14.3.